The number of aromatic amines is 1. The number of hydrogen-bond acceptors (Lipinski definition) is 6. The van der Waals surface area contributed by atoms with Gasteiger partial charge in [-0.15, -0.1) is 0 Å². The normalized spacial score (nSPS) is 17.2. The van der Waals surface area contributed by atoms with Gasteiger partial charge in [0.2, 0.25) is 0 Å². The van der Waals surface area contributed by atoms with E-state index < -0.39 is 0 Å². The lowest BCUT2D eigenvalue weighted by Crippen LogP contribution is -2.44. The molecule has 0 atom stereocenters. The lowest BCUT2D eigenvalue weighted by atomic mass is 10.0. The smallest absolute Gasteiger partial charge is 0.119 e. The molecule has 0 aliphatic carbocycles. The number of ether oxygens (including phenoxy) is 1. The summed E-state index contributed by atoms with van der Waals surface area (Å²) in [7, 11) is 0. The fourth-order valence-corrected chi connectivity index (χ4v) is 6.29. The quantitative estimate of drug-likeness (QED) is 0.258. The van der Waals surface area contributed by atoms with Gasteiger partial charge in [0, 0.05) is 46.6 Å². The Kier molecular flexibility index (Phi) is 7.44. The van der Waals surface area contributed by atoms with Gasteiger partial charge in [0.05, 0.1) is 17.6 Å². The number of H-pyrrole nitrogens is 1. The second-order valence-corrected chi connectivity index (χ2v) is 11.0. The fourth-order valence-electron chi connectivity index (χ4n) is 6.29. The third-order valence-corrected chi connectivity index (χ3v) is 8.59. The number of pyridine rings is 1. The van der Waals surface area contributed by atoms with Crippen LogP contribution in [0, 0.1) is 13.8 Å². The van der Waals surface area contributed by atoms with E-state index in [0.29, 0.717) is 12.3 Å². The lowest BCUT2D eigenvalue weighted by Gasteiger charge is -2.36. The molecule has 2 aliphatic rings. The Morgan fingerprint density at radius 1 is 1.00 bits per heavy atom. The molecule has 2 saturated heterocycles. The van der Waals surface area contributed by atoms with E-state index >= 15 is 0 Å². The molecule has 6 rings (SSSR count). The van der Waals surface area contributed by atoms with E-state index in [1.165, 1.54) is 62.8 Å². The molecule has 39 heavy (non-hydrogen) atoms. The van der Waals surface area contributed by atoms with Crippen LogP contribution in [0.25, 0.3) is 22.0 Å². The van der Waals surface area contributed by atoms with Crippen molar-refractivity contribution >= 4 is 28.0 Å². The molecule has 0 amide bonds. The van der Waals surface area contributed by atoms with Crippen LogP contribution >= 0.6 is 0 Å². The van der Waals surface area contributed by atoms with Crippen LogP contribution in [0.1, 0.15) is 36.9 Å². The van der Waals surface area contributed by atoms with Crippen molar-refractivity contribution in [2.75, 3.05) is 50.4 Å². The Labute approximate surface area is 231 Å². The number of hydrogen-bond donors (Lipinski definition) is 3. The van der Waals surface area contributed by atoms with Gasteiger partial charge >= 0.3 is 0 Å². The van der Waals surface area contributed by atoms with Gasteiger partial charge in [0.1, 0.15) is 12.4 Å². The molecule has 2 aromatic carbocycles. The summed E-state index contributed by atoms with van der Waals surface area (Å²) in [4.78, 5) is 13.1. The number of aromatic nitrogens is 2. The largest absolute Gasteiger partial charge is 0.492 e. The molecule has 0 bridgehead atoms. The third-order valence-electron chi connectivity index (χ3n) is 8.59. The third kappa shape index (κ3) is 5.47. The number of nitrogen functional groups attached to an aromatic ring is 1. The zero-order valence-electron chi connectivity index (χ0n) is 23.2. The molecule has 2 aromatic heterocycles. The zero-order chi connectivity index (χ0) is 26.8. The minimum Gasteiger partial charge on any atom is -0.492 e. The number of piperidine rings is 1. The molecule has 0 unspecified atom stereocenters. The first-order chi connectivity index (χ1) is 19.1. The van der Waals surface area contributed by atoms with Crippen LogP contribution in [-0.2, 0) is 0 Å². The SMILES string of the molecule is Cc1ncc(N)c(Nc2ccc3[nH]ccc3c2C)c1-c1ccc(OCCN2CCC(N3CCCC3)CC2)cc1. The van der Waals surface area contributed by atoms with E-state index in [0.717, 1.165) is 52.0 Å². The van der Waals surface area contributed by atoms with Crippen LogP contribution in [0.4, 0.5) is 17.1 Å². The predicted octanol–water partition coefficient (Wildman–Crippen LogP) is 6.11. The number of nitrogens with zero attached hydrogens (tertiary/aromatic N) is 3. The van der Waals surface area contributed by atoms with Gasteiger partial charge in [-0.3, -0.25) is 9.88 Å². The summed E-state index contributed by atoms with van der Waals surface area (Å²) in [5, 5.41) is 4.82. The molecule has 0 saturated carbocycles. The summed E-state index contributed by atoms with van der Waals surface area (Å²) >= 11 is 0. The second-order valence-electron chi connectivity index (χ2n) is 11.0. The molecule has 4 aromatic rings. The van der Waals surface area contributed by atoms with Crippen LogP contribution in [-0.4, -0.2) is 65.1 Å². The van der Waals surface area contributed by atoms with Gasteiger partial charge in [0.25, 0.3) is 0 Å². The molecule has 204 valence electrons. The minimum atomic E-state index is 0.623. The van der Waals surface area contributed by atoms with E-state index in [1.54, 1.807) is 6.20 Å². The van der Waals surface area contributed by atoms with Gasteiger partial charge in [-0.25, -0.2) is 0 Å². The fraction of sp³-hybridized carbons (Fsp3) is 0.406. The maximum absolute atomic E-state index is 6.47. The average Bonchev–Trinajstić information content (AvgIpc) is 3.67. The van der Waals surface area contributed by atoms with Crippen molar-refractivity contribution in [3.63, 3.8) is 0 Å². The van der Waals surface area contributed by atoms with E-state index in [4.69, 9.17) is 10.5 Å². The molecule has 7 heteroatoms. The number of benzene rings is 2. The summed E-state index contributed by atoms with van der Waals surface area (Å²) in [5.41, 5.74) is 14.3. The maximum atomic E-state index is 6.47. The van der Waals surface area contributed by atoms with Crippen LogP contribution < -0.4 is 15.8 Å². The second kappa shape index (κ2) is 11.3. The van der Waals surface area contributed by atoms with Gasteiger partial charge in [0.15, 0.2) is 0 Å². The van der Waals surface area contributed by atoms with Crippen molar-refractivity contribution in [1.29, 1.82) is 0 Å². The predicted molar refractivity (Wildman–Crippen MR) is 161 cm³/mol. The number of nitrogens with two attached hydrogens (primary N) is 1. The van der Waals surface area contributed by atoms with Crippen LogP contribution in [0.15, 0.2) is 54.9 Å². The highest BCUT2D eigenvalue weighted by molar-refractivity contribution is 5.94. The Morgan fingerprint density at radius 3 is 2.54 bits per heavy atom. The summed E-state index contributed by atoms with van der Waals surface area (Å²) in [6.07, 6.45) is 9.04. The van der Waals surface area contributed by atoms with Gasteiger partial charge in [-0.2, -0.15) is 0 Å². The molecule has 7 nitrogen and oxygen atoms in total. The van der Waals surface area contributed by atoms with Crippen LogP contribution in [0.2, 0.25) is 0 Å². The van der Waals surface area contributed by atoms with Crippen molar-refractivity contribution in [2.24, 2.45) is 0 Å². The van der Waals surface area contributed by atoms with Crippen LogP contribution in [0.5, 0.6) is 5.75 Å². The minimum absolute atomic E-state index is 0.623. The molecule has 0 radical (unpaired) electrons. The summed E-state index contributed by atoms with van der Waals surface area (Å²) in [6.45, 7) is 10.8. The summed E-state index contributed by atoms with van der Waals surface area (Å²) in [5.74, 6) is 0.892. The number of nitrogens with one attached hydrogen (secondary N) is 2. The lowest BCUT2D eigenvalue weighted by molar-refractivity contribution is 0.114. The van der Waals surface area contributed by atoms with Crippen molar-refractivity contribution in [3.8, 4) is 16.9 Å². The van der Waals surface area contributed by atoms with Crippen molar-refractivity contribution in [2.45, 2.75) is 45.6 Å². The van der Waals surface area contributed by atoms with Crippen LogP contribution in [0.3, 0.4) is 0 Å². The molecule has 4 N–H and O–H groups in total. The highest BCUT2D eigenvalue weighted by Gasteiger charge is 2.26. The van der Waals surface area contributed by atoms with E-state index in [1.807, 2.05) is 13.1 Å². The van der Waals surface area contributed by atoms with Gasteiger partial charge in [-0.05, 0) is 107 Å². The Hall–Kier alpha value is -3.55. The standard InChI is InChI=1S/C32H40N6O/c1-22-27-11-14-34-30(27)10-9-29(22)36-32-28(33)21-35-23(2)31(32)24-5-7-26(8-6-24)39-20-19-37-17-12-25(13-18-37)38-15-3-4-16-38/h5-11,14,21,25,34H,3-4,12-13,15-20,33H2,1-2H3,(H,35,36). The molecule has 2 aliphatic heterocycles. The first kappa shape index (κ1) is 25.7. The summed E-state index contributed by atoms with van der Waals surface area (Å²) < 4.78 is 6.14. The highest BCUT2D eigenvalue weighted by atomic mass is 16.5. The average molecular weight is 525 g/mol. The highest BCUT2D eigenvalue weighted by Crippen LogP contribution is 2.38. The zero-order valence-corrected chi connectivity index (χ0v) is 23.2. The van der Waals surface area contributed by atoms with E-state index in [9.17, 15) is 0 Å². The number of fused-ring (bicyclic) bond motifs is 1. The summed E-state index contributed by atoms with van der Waals surface area (Å²) in [6, 6.07) is 15.4. The number of anilines is 3. The molecular formula is C32H40N6O. The Balaban J connectivity index is 1.10. The number of aryl methyl sites for hydroxylation is 2. The van der Waals surface area contributed by atoms with E-state index in [-0.39, 0.29) is 0 Å². The van der Waals surface area contributed by atoms with Crippen molar-refractivity contribution in [3.05, 3.63) is 66.1 Å². The van der Waals surface area contributed by atoms with Gasteiger partial charge < -0.3 is 25.7 Å². The van der Waals surface area contributed by atoms with Crippen molar-refractivity contribution in [1.82, 2.24) is 19.8 Å². The first-order valence-electron chi connectivity index (χ1n) is 14.4. The molecule has 0 spiro atoms. The molecule has 2 fully saturated rings. The number of rotatable bonds is 8. The first-order valence-corrected chi connectivity index (χ1v) is 14.4. The topological polar surface area (TPSA) is 82.4 Å². The monoisotopic (exact) mass is 524 g/mol. The van der Waals surface area contributed by atoms with E-state index in [2.05, 4.69) is 74.5 Å². The maximum Gasteiger partial charge on any atom is 0.119 e. The van der Waals surface area contributed by atoms with Gasteiger partial charge in [-0.1, -0.05) is 12.1 Å². The Bertz CT molecular complexity index is 1410. The molecule has 4 heterocycles. The van der Waals surface area contributed by atoms with Crippen molar-refractivity contribution < 1.29 is 4.74 Å². The molecular weight excluding hydrogens is 484 g/mol. The number of likely N-dealkylation sites (tertiary alicyclic amines) is 2. The Morgan fingerprint density at radius 2 is 1.77 bits per heavy atom.